The monoisotopic (exact) mass is 207 g/mol. The van der Waals surface area contributed by atoms with Crippen molar-refractivity contribution in [1.29, 1.82) is 0 Å². The largest absolute Gasteiger partial charge is 0.490 e. The Morgan fingerprint density at radius 1 is 1.20 bits per heavy atom. The highest BCUT2D eigenvalue weighted by atomic mass is 16.5. The first kappa shape index (κ1) is 10.3. The molecule has 3 heteroatoms. The molecule has 3 nitrogen and oxygen atoms in total. The highest BCUT2D eigenvalue weighted by Gasteiger charge is 2.39. The summed E-state index contributed by atoms with van der Waals surface area (Å²) in [6, 6.07) is 7.70. The molecular weight excluding hydrogens is 190 g/mol. The molecule has 0 amide bonds. The van der Waals surface area contributed by atoms with Crippen LogP contribution in [0.1, 0.15) is 19.8 Å². The second-order valence-electron chi connectivity index (χ2n) is 4.03. The van der Waals surface area contributed by atoms with Gasteiger partial charge in [-0.2, -0.15) is 0 Å². The van der Waals surface area contributed by atoms with Crippen LogP contribution < -0.4 is 15.2 Å². The van der Waals surface area contributed by atoms with Gasteiger partial charge in [-0.25, -0.2) is 0 Å². The van der Waals surface area contributed by atoms with E-state index >= 15 is 0 Å². The molecule has 1 aliphatic carbocycles. The van der Waals surface area contributed by atoms with E-state index in [1.165, 1.54) is 0 Å². The third-order valence-corrected chi connectivity index (χ3v) is 2.56. The Morgan fingerprint density at radius 3 is 2.33 bits per heavy atom. The first-order valence-corrected chi connectivity index (χ1v) is 5.37. The number of benzene rings is 1. The van der Waals surface area contributed by atoms with Gasteiger partial charge in [0.05, 0.1) is 12.1 Å². The molecule has 1 aromatic rings. The summed E-state index contributed by atoms with van der Waals surface area (Å²) in [7, 11) is 0. The van der Waals surface area contributed by atoms with Crippen LogP contribution in [0.25, 0.3) is 0 Å². The minimum Gasteiger partial charge on any atom is -0.490 e. The SMILES string of the molecule is CCOc1ccccc1OCC1(N)CC1. The molecule has 0 saturated heterocycles. The van der Waals surface area contributed by atoms with Crippen LogP contribution >= 0.6 is 0 Å². The molecule has 0 atom stereocenters. The standard InChI is InChI=1S/C12H17NO2/c1-2-14-10-5-3-4-6-11(10)15-9-12(13)7-8-12/h3-6H,2,7-9,13H2,1H3. The molecule has 2 rings (SSSR count). The Kier molecular flexibility index (Phi) is 2.82. The van der Waals surface area contributed by atoms with Crippen LogP contribution in [0, 0.1) is 0 Å². The summed E-state index contributed by atoms with van der Waals surface area (Å²) < 4.78 is 11.1. The maximum atomic E-state index is 5.95. The van der Waals surface area contributed by atoms with E-state index < -0.39 is 0 Å². The van der Waals surface area contributed by atoms with Crippen LogP contribution in [-0.2, 0) is 0 Å². The maximum absolute atomic E-state index is 5.95. The predicted molar refractivity (Wildman–Crippen MR) is 59.3 cm³/mol. The van der Waals surface area contributed by atoms with Crippen LogP contribution in [0.3, 0.4) is 0 Å². The van der Waals surface area contributed by atoms with Gasteiger partial charge >= 0.3 is 0 Å². The van der Waals surface area contributed by atoms with Crippen molar-refractivity contribution in [3.63, 3.8) is 0 Å². The maximum Gasteiger partial charge on any atom is 0.161 e. The Morgan fingerprint density at radius 2 is 1.80 bits per heavy atom. The van der Waals surface area contributed by atoms with Gasteiger partial charge < -0.3 is 15.2 Å². The highest BCUT2D eigenvalue weighted by Crippen LogP contribution is 2.34. The normalized spacial score (nSPS) is 17.2. The third kappa shape index (κ3) is 2.63. The minimum absolute atomic E-state index is 0.0840. The topological polar surface area (TPSA) is 44.5 Å². The van der Waals surface area contributed by atoms with Crippen LogP contribution in [0.5, 0.6) is 11.5 Å². The molecule has 0 radical (unpaired) electrons. The lowest BCUT2D eigenvalue weighted by molar-refractivity contribution is 0.254. The number of hydrogen-bond acceptors (Lipinski definition) is 3. The van der Waals surface area contributed by atoms with Crippen molar-refractivity contribution in [3.8, 4) is 11.5 Å². The lowest BCUT2D eigenvalue weighted by Crippen LogP contribution is -2.29. The molecule has 0 heterocycles. The molecule has 1 fully saturated rings. The Balaban J connectivity index is 1.99. The lowest BCUT2D eigenvalue weighted by Gasteiger charge is -2.14. The second kappa shape index (κ2) is 4.11. The van der Waals surface area contributed by atoms with Crippen molar-refractivity contribution in [3.05, 3.63) is 24.3 Å². The average Bonchev–Trinajstić information content (AvgIpc) is 2.97. The fraction of sp³-hybridized carbons (Fsp3) is 0.500. The first-order valence-electron chi connectivity index (χ1n) is 5.37. The van der Waals surface area contributed by atoms with E-state index in [1.54, 1.807) is 0 Å². The van der Waals surface area contributed by atoms with Gasteiger partial charge in [-0.3, -0.25) is 0 Å². The Hall–Kier alpha value is -1.22. The van der Waals surface area contributed by atoms with Crippen LogP contribution in [0.4, 0.5) is 0 Å². The van der Waals surface area contributed by atoms with Crippen LogP contribution in [-0.4, -0.2) is 18.8 Å². The minimum atomic E-state index is -0.0840. The summed E-state index contributed by atoms with van der Waals surface area (Å²) >= 11 is 0. The molecule has 0 spiro atoms. The summed E-state index contributed by atoms with van der Waals surface area (Å²) in [6.07, 6.45) is 2.12. The summed E-state index contributed by atoms with van der Waals surface area (Å²) in [6.45, 7) is 3.19. The fourth-order valence-electron chi connectivity index (χ4n) is 1.37. The van der Waals surface area contributed by atoms with Gasteiger partial charge in [0.25, 0.3) is 0 Å². The quantitative estimate of drug-likeness (QED) is 0.802. The molecular formula is C12H17NO2. The molecule has 1 saturated carbocycles. The van der Waals surface area contributed by atoms with E-state index in [1.807, 2.05) is 31.2 Å². The van der Waals surface area contributed by atoms with Gasteiger partial charge in [0, 0.05) is 0 Å². The second-order valence-corrected chi connectivity index (χ2v) is 4.03. The summed E-state index contributed by atoms with van der Waals surface area (Å²) in [5.74, 6) is 1.58. The van der Waals surface area contributed by atoms with E-state index in [4.69, 9.17) is 15.2 Å². The number of hydrogen-bond donors (Lipinski definition) is 1. The zero-order chi connectivity index (χ0) is 10.7. The molecule has 82 valence electrons. The van der Waals surface area contributed by atoms with Crippen LogP contribution in [0.15, 0.2) is 24.3 Å². The van der Waals surface area contributed by atoms with Crippen molar-refractivity contribution in [2.24, 2.45) is 5.73 Å². The van der Waals surface area contributed by atoms with Gasteiger partial charge in [-0.15, -0.1) is 0 Å². The molecule has 0 aliphatic heterocycles. The van der Waals surface area contributed by atoms with Crippen molar-refractivity contribution in [2.75, 3.05) is 13.2 Å². The molecule has 1 aliphatic rings. The zero-order valence-corrected chi connectivity index (χ0v) is 9.03. The number of ether oxygens (including phenoxy) is 2. The Labute approximate surface area is 90.2 Å². The number of para-hydroxylation sites is 2. The van der Waals surface area contributed by atoms with Gasteiger partial charge in [-0.1, -0.05) is 12.1 Å². The smallest absolute Gasteiger partial charge is 0.161 e. The molecule has 2 N–H and O–H groups in total. The van der Waals surface area contributed by atoms with Crippen LogP contribution in [0.2, 0.25) is 0 Å². The third-order valence-electron chi connectivity index (χ3n) is 2.56. The van der Waals surface area contributed by atoms with Crippen molar-refractivity contribution < 1.29 is 9.47 Å². The van der Waals surface area contributed by atoms with Crippen molar-refractivity contribution >= 4 is 0 Å². The Bertz CT molecular complexity index is 334. The summed E-state index contributed by atoms with van der Waals surface area (Å²) in [5.41, 5.74) is 5.87. The van der Waals surface area contributed by atoms with Gasteiger partial charge in [-0.05, 0) is 31.9 Å². The van der Waals surface area contributed by atoms with Gasteiger partial charge in [0.2, 0.25) is 0 Å². The molecule has 0 unspecified atom stereocenters. The molecule has 0 bridgehead atoms. The van der Waals surface area contributed by atoms with Gasteiger partial charge in [0.1, 0.15) is 6.61 Å². The predicted octanol–water partition coefficient (Wildman–Crippen LogP) is 1.96. The number of nitrogens with two attached hydrogens (primary N) is 1. The fourth-order valence-corrected chi connectivity index (χ4v) is 1.37. The highest BCUT2D eigenvalue weighted by molar-refractivity contribution is 5.39. The van der Waals surface area contributed by atoms with E-state index in [2.05, 4.69) is 0 Å². The summed E-state index contributed by atoms with van der Waals surface area (Å²) in [4.78, 5) is 0. The molecule has 1 aromatic carbocycles. The van der Waals surface area contributed by atoms with E-state index in [0.717, 1.165) is 24.3 Å². The van der Waals surface area contributed by atoms with E-state index in [0.29, 0.717) is 13.2 Å². The molecule has 0 aromatic heterocycles. The summed E-state index contributed by atoms with van der Waals surface area (Å²) in [5, 5.41) is 0. The van der Waals surface area contributed by atoms with E-state index in [9.17, 15) is 0 Å². The zero-order valence-electron chi connectivity index (χ0n) is 9.03. The van der Waals surface area contributed by atoms with E-state index in [-0.39, 0.29) is 5.54 Å². The van der Waals surface area contributed by atoms with Crippen molar-refractivity contribution in [1.82, 2.24) is 0 Å². The lowest BCUT2D eigenvalue weighted by atomic mass is 10.3. The van der Waals surface area contributed by atoms with Crippen molar-refractivity contribution in [2.45, 2.75) is 25.3 Å². The molecule has 15 heavy (non-hydrogen) atoms. The number of rotatable bonds is 5. The average molecular weight is 207 g/mol. The van der Waals surface area contributed by atoms with Gasteiger partial charge in [0.15, 0.2) is 11.5 Å². The first-order chi connectivity index (χ1) is 7.23.